The van der Waals surface area contributed by atoms with Gasteiger partial charge < -0.3 is 19.3 Å². The normalized spacial score (nSPS) is 17.9. The van der Waals surface area contributed by atoms with Gasteiger partial charge in [-0.3, -0.25) is 0 Å². The van der Waals surface area contributed by atoms with Crippen molar-refractivity contribution in [2.75, 3.05) is 20.3 Å². The first-order valence-corrected chi connectivity index (χ1v) is 12.0. The minimum absolute atomic E-state index is 0.0126. The van der Waals surface area contributed by atoms with E-state index in [1.807, 2.05) is 30.3 Å². The lowest BCUT2D eigenvalue weighted by Gasteiger charge is -2.33. The average molecular weight is 435 g/mol. The molecule has 1 N–H and O–H groups in total. The molecule has 2 saturated carbocycles. The predicted molar refractivity (Wildman–Crippen MR) is 127 cm³/mol. The monoisotopic (exact) mass is 434 g/mol. The molecule has 0 atom stereocenters. The first kappa shape index (κ1) is 22.6. The highest BCUT2D eigenvalue weighted by Crippen LogP contribution is 2.43. The molecular formula is C28H34O4. The Morgan fingerprint density at radius 1 is 0.938 bits per heavy atom. The number of methoxy groups -OCH3 is 1. The summed E-state index contributed by atoms with van der Waals surface area (Å²) in [6.45, 7) is 0.255. The highest BCUT2D eigenvalue weighted by molar-refractivity contribution is 5.52. The van der Waals surface area contributed by atoms with Crippen molar-refractivity contribution in [2.45, 2.75) is 69.3 Å². The molecule has 2 aromatic rings. The number of hydrogen-bond donors (Lipinski definition) is 1. The molecule has 2 aliphatic rings. The van der Waals surface area contributed by atoms with E-state index >= 15 is 0 Å². The molecule has 4 heteroatoms. The van der Waals surface area contributed by atoms with Crippen LogP contribution in [0.3, 0.4) is 0 Å². The van der Waals surface area contributed by atoms with Crippen molar-refractivity contribution in [3.63, 3.8) is 0 Å². The van der Waals surface area contributed by atoms with Crippen LogP contribution < -0.4 is 14.2 Å². The Labute approximate surface area is 191 Å². The summed E-state index contributed by atoms with van der Waals surface area (Å²) in [5.74, 6) is 9.44. The third-order valence-electron chi connectivity index (χ3n) is 6.69. The van der Waals surface area contributed by atoms with Gasteiger partial charge in [0.15, 0.2) is 11.5 Å². The van der Waals surface area contributed by atoms with E-state index in [1.54, 1.807) is 7.11 Å². The largest absolute Gasteiger partial charge is 0.493 e. The van der Waals surface area contributed by atoms with Crippen LogP contribution in [-0.4, -0.2) is 31.5 Å². The lowest BCUT2D eigenvalue weighted by molar-refractivity contribution is 0.200. The second-order valence-electron chi connectivity index (χ2n) is 8.85. The van der Waals surface area contributed by atoms with Crippen LogP contribution in [0.5, 0.6) is 17.2 Å². The zero-order valence-corrected chi connectivity index (χ0v) is 19.1. The number of para-hydroxylation sites is 1. The Morgan fingerprint density at radius 2 is 1.72 bits per heavy atom. The molecule has 0 aliphatic heterocycles. The van der Waals surface area contributed by atoms with Crippen LogP contribution in [0.1, 0.15) is 68.9 Å². The Morgan fingerprint density at radius 3 is 2.47 bits per heavy atom. The number of hydrogen-bond acceptors (Lipinski definition) is 4. The maximum atomic E-state index is 9.13. The van der Waals surface area contributed by atoms with E-state index in [0.717, 1.165) is 48.5 Å². The van der Waals surface area contributed by atoms with Gasteiger partial charge in [0.2, 0.25) is 0 Å². The van der Waals surface area contributed by atoms with E-state index in [2.05, 4.69) is 24.0 Å². The third-order valence-corrected chi connectivity index (χ3v) is 6.69. The average Bonchev–Trinajstić information content (AvgIpc) is 3.35. The Bertz CT molecular complexity index is 943. The summed E-state index contributed by atoms with van der Waals surface area (Å²) < 4.78 is 17.7. The quantitative estimate of drug-likeness (QED) is 0.573. The molecule has 0 saturated heterocycles. The highest BCUT2D eigenvalue weighted by Gasteiger charge is 2.33. The number of aliphatic hydroxyl groups is 1. The second kappa shape index (κ2) is 10.8. The van der Waals surface area contributed by atoms with Gasteiger partial charge in [0.05, 0.1) is 30.8 Å². The summed E-state index contributed by atoms with van der Waals surface area (Å²) in [5, 5.41) is 9.13. The lowest BCUT2D eigenvalue weighted by Crippen LogP contribution is -2.27. The summed E-state index contributed by atoms with van der Waals surface area (Å²) in [7, 11) is 1.70. The maximum Gasteiger partial charge on any atom is 0.161 e. The van der Waals surface area contributed by atoms with E-state index in [0.29, 0.717) is 0 Å². The fraction of sp³-hybridized carbons (Fsp3) is 0.500. The maximum absolute atomic E-state index is 9.13. The van der Waals surface area contributed by atoms with E-state index < -0.39 is 0 Å². The SMILES string of the molecule is COc1ccc(C2(C#Cc3ccccc3OCCO)CCCCC2)cc1OC1CCCC1. The Balaban J connectivity index is 1.68. The van der Waals surface area contributed by atoms with Crippen LogP contribution in [0.25, 0.3) is 0 Å². The summed E-state index contributed by atoms with van der Waals surface area (Å²) in [5.41, 5.74) is 1.87. The van der Waals surface area contributed by atoms with E-state index in [4.69, 9.17) is 19.3 Å². The molecule has 0 radical (unpaired) electrons. The van der Waals surface area contributed by atoms with Gasteiger partial charge in [-0.05, 0) is 68.4 Å². The van der Waals surface area contributed by atoms with Crippen molar-refractivity contribution in [3.05, 3.63) is 53.6 Å². The minimum Gasteiger partial charge on any atom is -0.493 e. The summed E-state index contributed by atoms with van der Waals surface area (Å²) in [6, 6.07) is 14.2. The van der Waals surface area contributed by atoms with Crippen molar-refractivity contribution >= 4 is 0 Å². The molecule has 4 nitrogen and oxygen atoms in total. The molecule has 2 aromatic carbocycles. The zero-order valence-electron chi connectivity index (χ0n) is 19.1. The molecule has 0 bridgehead atoms. The molecule has 0 unspecified atom stereocenters. The number of rotatable bonds is 7. The fourth-order valence-corrected chi connectivity index (χ4v) is 4.93. The zero-order chi connectivity index (χ0) is 22.2. The van der Waals surface area contributed by atoms with Crippen LogP contribution in [0.15, 0.2) is 42.5 Å². The van der Waals surface area contributed by atoms with Crippen molar-refractivity contribution in [3.8, 4) is 29.1 Å². The van der Waals surface area contributed by atoms with Crippen molar-refractivity contribution in [1.29, 1.82) is 0 Å². The van der Waals surface area contributed by atoms with E-state index in [-0.39, 0.29) is 24.7 Å². The molecule has 170 valence electrons. The fourth-order valence-electron chi connectivity index (χ4n) is 4.93. The van der Waals surface area contributed by atoms with Gasteiger partial charge in [-0.2, -0.15) is 0 Å². The van der Waals surface area contributed by atoms with Crippen LogP contribution in [-0.2, 0) is 5.41 Å². The number of aliphatic hydroxyl groups excluding tert-OH is 1. The summed E-state index contributed by atoms with van der Waals surface area (Å²) >= 11 is 0. The minimum atomic E-state index is -0.206. The smallest absolute Gasteiger partial charge is 0.161 e. The van der Waals surface area contributed by atoms with Gasteiger partial charge in [-0.25, -0.2) is 0 Å². The van der Waals surface area contributed by atoms with Gasteiger partial charge in [0.1, 0.15) is 12.4 Å². The molecule has 0 aromatic heterocycles. The van der Waals surface area contributed by atoms with Gasteiger partial charge in [-0.1, -0.05) is 49.3 Å². The van der Waals surface area contributed by atoms with Crippen LogP contribution in [0.4, 0.5) is 0 Å². The van der Waals surface area contributed by atoms with Gasteiger partial charge in [0, 0.05) is 0 Å². The van der Waals surface area contributed by atoms with Crippen LogP contribution in [0.2, 0.25) is 0 Å². The van der Waals surface area contributed by atoms with E-state index in [9.17, 15) is 0 Å². The molecule has 4 rings (SSSR count). The van der Waals surface area contributed by atoms with Crippen LogP contribution >= 0.6 is 0 Å². The number of benzene rings is 2. The van der Waals surface area contributed by atoms with Gasteiger partial charge in [0.25, 0.3) is 0 Å². The molecule has 2 fully saturated rings. The van der Waals surface area contributed by atoms with Crippen molar-refractivity contribution < 1.29 is 19.3 Å². The summed E-state index contributed by atoms with van der Waals surface area (Å²) in [6.07, 6.45) is 10.6. The molecular weight excluding hydrogens is 400 g/mol. The van der Waals surface area contributed by atoms with Crippen LogP contribution in [0, 0.1) is 11.8 Å². The lowest BCUT2D eigenvalue weighted by atomic mass is 9.69. The molecule has 0 heterocycles. The molecule has 0 amide bonds. The van der Waals surface area contributed by atoms with E-state index in [1.165, 1.54) is 37.7 Å². The van der Waals surface area contributed by atoms with Gasteiger partial charge in [-0.15, -0.1) is 0 Å². The topological polar surface area (TPSA) is 47.9 Å². The van der Waals surface area contributed by atoms with Crippen molar-refractivity contribution in [2.24, 2.45) is 0 Å². The predicted octanol–water partition coefficient (Wildman–Crippen LogP) is 5.64. The third kappa shape index (κ3) is 5.22. The molecule has 2 aliphatic carbocycles. The second-order valence-corrected chi connectivity index (χ2v) is 8.85. The number of ether oxygens (including phenoxy) is 3. The Hall–Kier alpha value is -2.64. The highest BCUT2D eigenvalue weighted by atomic mass is 16.5. The first-order valence-electron chi connectivity index (χ1n) is 12.0. The first-order chi connectivity index (χ1) is 15.7. The Kier molecular flexibility index (Phi) is 7.60. The van der Waals surface area contributed by atoms with Crippen molar-refractivity contribution in [1.82, 2.24) is 0 Å². The standard InChI is InChI=1S/C28H34O4/c1-30-26-14-13-23(21-27(26)32-24-10-4-5-11-24)28(16-7-2-8-17-28)18-15-22-9-3-6-12-25(22)31-20-19-29/h3,6,9,12-14,21,24,29H,2,4-5,7-8,10-11,16-17,19-20H2,1H3. The molecule has 32 heavy (non-hydrogen) atoms. The summed E-state index contributed by atoms with van der Waals surface area (Å²) in [4.78, 5) is 0. The van der Waals surface area contributed by atoms with Gasteiger partial charge >= 0.3 is 0 Å². The molecule has 0 spiro atoms.